The lowest BCUT2D eigenvalue weighted by atomic mass is 9.99. The van der Waals surface area contributed by atoms with Gasteiger partial charge in [-0.25, -0.2) is 4.98 Å². The molecule has 2 heterocycles. The minimum Gasteiger partial charge on any atom is -0.467 e. The summed E-state index contributed by atoms with van der Waals surface area (Å²) in [4.78, 5) is 10.6. The van der Waals surface area contributed by atoms with Crippen molar-refractivity contribution in [3.05, 3.63) is 11.2 Å². The number of anilines is 1. The van der Waals surface area contributed by atoms with Crippen molar-refractivity contribution in [1.29, 1.82) is 0 Å². The molecule has 0 radical (unpaired) electrons. The standard InChI is InChI=1S/C13H21ClN4O/c1-3-18(9-10-5-4-6-15-7-10)12-11(14)8-16-13(17-12)19-2/h8,10,15H,3-7,9H2,1-2H3. The van der Waals surface area contributed by atoms with E-state index in [4.69, 9.17) is 16.3 Å². The summed E-state index contributed by atoms with van der Waals surface area (Å²) in [5.74, 6) is 1.41. The van der Waals surface area contributed by atoms with E-state index in [0.29, 0.717) is 17.0 Å². The predicted molar refractivity (Wildman–Crippen MR) is 77.1 cm³/mol. The van der Waals surface area contributed by atoms with Gasteiger partial charge in [-0.05, 0) is 38.8 Å². The largest absolute Gasteiger partial charge is 0.467 e. The maximum atomic E-state index is 6.21. The summed E-state index contributed by atoms with van der Waals surface area (Å²) in [6.45, 7) is 6.14. The molecule has 0 aromatic carbocycles. The number of rotatable bonds is 5. The SMILES string of the molecule is CCN(CC1CCCNC1)c1nc(OC)ncc1Cl. The molecule has 1 aliphatic rings. The van der Waals surface area contributed by atoms with E-state index in [1.807, 2.05) is 0 Å². The highest BCUT2D eigenvalue weighted by Gasteiger charge is 2.19. The fourth-order valence-corrected chi connectivity index (χ4v) is 2.63. The fourth-order valence-electron chi connectivity index (χ4n) is 2.42. The van der Waals surface area contributed by atoms with E-state index in [9.17, 15) is 0 Å². The maximum Gasteiger partial charge on any atom is 0.318 e. The molecular weight excluding hydrogens is 264 g/mol. The molecule has 1 aromatic rings. The Bertz CT molecular complexity index is 410. The topological polar surface area (TPSA) is 50.3 Å². The number of hydrogen-bond acceptors (Lipinski definition) is 5. The lowest BCUT2D eigenvalue weighted by Gasteiger charge is -2.30. The third kappa shape index (κ3) is 3.70. The first-order valence-electron chi connectivity index (χ1n) is 6.76. The molecule has 1 atom stereocenters. The monoisotopic (exact) mass is 284 g/mol. The second-order valence-corrected chi connectivity index (χ2v) is 5.19. The summed E-state index contributed by atoms with van der Waals surface area (Å²) in [6, 6.07) is 0.361. The van der Waals surface area contributed by atoms with Crippen LogP contribution in [-0.4, -0.2) is 43.3 Å². The van der Waals surface area contributed by atoms with Gasteiger partial charge in [-0.1, -0.05) is 11.6 Å². The number of methoxy groups -OCH3 is 1. The van der Waals surface area contributed by atoms with E-state index < -0.39 is 0 Å². The van der Waals surface area contributed by atoms with Gasteiger partial charge in [-0.2, -0.15) is 4.98 Å². The van der Waals surface area contributed by atoms with Crippen molar-refractivity contribution >= 4 is 17.4 Å². The molecule has 5 nitrogen and oxygen atoms in total. The van der Waals surface area contributed by atoms with Crippen molar-refractivity contribution in [2.45, 2.75) is 19.8 Å². The summed E-state index contributed by atoms with van der Waals surface area (Å²) >= 11 is 6.21. The number of aromatic nitrogens is 2. The van der Waals surface area contributed by atoms with Gasteiger partial charge in [0.15, 0.2) is 5.82 Å². The third-order valence-electron chi connectivity index (χ3n) is 3.44. The zero-order chi connectivity index (χ0) is 13.7. The van der Waals surface area contributed by atoms with Crippen LogP contribution in [0.25, 0.3) is 0 Å². The number of ether oxygens (including phenoxy) is 1. The van der Waals surface area contributed by atoms with Crippen LogP contribution in [0.5, 0.6) is 6.01 Å². The minimum absolute atomic E-state index is 0.361. The molecule has 0 saturated carbocycles. The van der Waals surface area contributed by atoms with Gasteiger partial charge in [0, 0.05) is 13.1 Å². The van der Waals surface area contributed by atoms with Crippen molar-refractivity contribution in [1.82, 2.24) is 15.3 Å². The van der Waals surface area contributed by atoms with Crippen LogP contribution in [0.3, 0.4) is 0 Å². The summed E-state index contributed by atoms with van der Waals surface area (Å²) in [6.07, 6.45) is 4.09. The summed E-state index contributed by atoms with van der Waals surface area (Å²) < 4.78 is 5.07. The molecule has 1 aromatic heterocycles. The Labute approximate surface area is 119 Å². The summed E-state index contributed by atoms with van der Waals surface area (Å²) in [5.41, 5.74) is 0. The molecule has 1 aliphatic heterocycles. The van der Waals surface area contributed by atoms with Gasteiger partial charge >= 0.3 is 6.01 Å². The lowest BCUT2D eigenvalue weighted by Crippen LogP contribution is -2.38. The maximum absolute atomic E-state index is 6.21. The van der Waals surface area contributed by atoms with Crippen LogP contribution in [-0.2, 0) is 0 Å². The van der Waals surface area contributed by atoms with E-state index in [2.05, 4.69) is 27.1 Å². The summed E-state index contributed by atoms with van der Waals surface area (Å²) in [5, 5.41) is 4.01. The van der Waals surface area contributed by atoms with E-state index in [0.717, 1.165) is 32.0 Å². The smallest absolute Gasteiger partial charge is 0.318 e. The Morgan fingerprint density at radius 1 is 1.58 bits per heavy atom. The number of halogens is 1. The van der Waals surface area contributed by atoms with E-state index >= 15 is 0 Å². The van der Waals surface area contributed by atoms with Crippen molar-refractivity contribution in [2.75, 3.05) is 38.2 Å². The van der Waals surface area contributed by atoms with Crippen LogP contribution in [0.1, 0.15) is 19.8 Å². The van der Waals surface area contributed by atoms with Crippen LogP contribution in [0, 0.1) is 5.92 Å². The van der Waals surface area contributed by atoms with E-state index in [-0.39, 0.29) is 0 Å². The Hall–Kier alpha value is -1.07. The number of nitrogens with zero attached hydrogens (tertiary/aromatic N) is 3. The molecule has 19 heavy (non-hydrogen) atoms. The van der Waals surface area contributed by atoms with Gasteiger partial charge in [0.1, 0.15) is 5.02 Å². The molecular formula is C13H21ClN4O. The van der Waals surface area contributed by atoms with Crippen LogP contribution >= 0.6 is 11.6 Å². The zero-order valence-electron chi connectivity index (χ0n) is 11.5. The quantitative estimate of drug-likeness (QED) is 0.896. The lowest BCUT2D eigenvalue weighted by molar-refractivity contribution is 0.371. The normalized spacial score (nSPS) is 19.2. The first-order chi connectivity index (χ1) is 9.24. The second kappa shape index (κ2) is 6.91. The van der Waals surface area contributed by atoms with Crippen molar-refractivity contribution < 1.29 is 4.74 Å². The molecule has 0 aliphatic carbocycles. The Morgan fingerprint density at radius 3 is 3.05 bits per heavy atom. The highest BCUT2D eigenvalue weighted by Crippen LogP contribution is 2.26. The van der Waals surface area contributed by atoms with Gasteiger partial charge in [-0.15, -0.1) is 0 Å². The van der Waals surface area contributed by atoms with Gasteiger partial charge < -0.3 is 15.0 Å². The fraction of sp³-hybridized carbons (Fsp3) is 0.692. The minimum atomic E-state index is 0.361. The molecule has 6 heteroatoms. The molecule has 1 N–H and O–H groups in total. The highest BCUT2D eigenvalue weighted by molar-refractivity contribution is 6.32. The molecule has 106 valence electrons. The van der Waals surface area contributed by atoms with Crippen LogP contribution in [0.15, 0.2) is 6.20 Å². The van der Waals surface area contributed by atoms with Gasteiger partial charge in [0.2, 0.25) is 0 Å². The molecule has 0 bridgehead atoms. The molecule has 0 amide bonds. The number of hydrogen-bond donors (Lipinski definition) is 1. The average molecular weight is 285 g/mol. The zero-order valence-corrected chi connectivity index (χ0v) is 12.3. The van der Waals surface area contributed by atoms with Gasteiger partial charge in [0.05, 0.1) is 13.3 Å². The molecule has 1 fully saturated rings. The van der Waals surface area contributed by atoms with Crippen LogP contribution in [0.4, 0.5) is 5.82 Å². The molecule has 1 unspecified atom stereocenters. The van der Waals surface area contributed by atoms with Crippen molar-refractivity contribution in [3.63, 3.8) is 0 Å². The van der Waals surface area contributed by atoms with Crippen LogP contribution in [0.2, 0.25) is 5.02 Å². The first-order valence-corrected chi connectivity index (χ1v) is 7.14. The highest BCUT2D eigenvalue weighted by atomic mass is 35.5. The Morgan fingerprint density at radius 2 is 2.42 bits per heavy atom. The predicted octanol–water partition coefficient (Wildman–Crippen LogP) is 1.96. The van der Waals surface area contributed by atoms with E-state index in [1.54, 1.807) is 13.3 Å². The van der Waals surface area contributed by atoms with Gasteiger partial charge in [0.25, 0.3) is 0 Å². The number of piperidine rings is 1. The molecule has 0 spiro atoms. The second-order valence-electron chi connectivity index (χ2n) is 4.78. The third-order valence-corrected chi connectivity index (χ3v) is 3.71. The van der Waals surface area contributed by atoms with Gasteiger partial charge in [-0.3, -0.25) is 0 Å². The molecule has 2 rings (SSSR count). The first kappa shape index (κ1) is 14.3. The van der Waals surface area contributed by atoms with Crippen LogP contribution < -0.4 is 15.0 Å². The van der Waals surface area contributed by atoms with Crippen molar-refractivity contribution in [3.8, 4) is 6.01 Å². The Kier molecular flexibility index (Phi) is 5.22. The average Bonchev–Trinajstić information content (AvgIpc) is 2.47. The molecule has 1 saturated heterocycles. The van der Waals surface area contributed by atoms with E-state index in [1.165, 1.54) is 12.8 Å². The summed E-state index contributed by atoms with van der Waals surface area (Å²) in [7, 11) is 1.56. The Balaban J connectivity index is 2.11. The van der Waals surface area contributed by atoms with Crippen molar-refractivity contribution in [2.24, 2.45) is 5.92 Å². The number of nitrogens with one attached hydrogen (secondary N) is 1.